The number of ether oxygens (including phenoxy) is 2. The molecule has 0 radical (unpaired) electrons. The molecule has 5 heteroatoms. The van der Waals surface area contributed by atoms with Crippen LogP contribution in [0.2, 0.25) is 0 Å². The summed E-state index contributed by atoms with van der Waals surface area (Å²) in [6, 6.07) is 3.86. The number of nitrogens with zero attached hydrogens (tertiary/aromatic N) is 1. The third-order valence-corrected chi connectivity index (χ3v) is 2.88. The lowest BCUT2D eigenvalue weighted by atomic mass is 10.2. The number of methoxy groups -OCH3 is 1. The number of aromatic nitrogens is 1. The third kappa shape index (κ3) is 7.09. The lowest BCUT2D eigenvalue weighted by molar-refractivity contribution is -0.143. The molecule has 0 aromatic carbocycles. The number of hydrogen-bond acceptors (Lipinski definition) is 5. The van der Waals surface area contributed by atoms with Gasteiger partial charge in [0.2, 0.25) is 5.88 Å². The molecule has 112 valence electrons. The van der Waals surface area contributed by atoms with Gasteiger partial charge in [-0.2, -0.15) is 0 Å². The number of carbonyl (C=O) groups excluding carboxylic acids is 1. The molecule has 1 N–H and O–H groups in total. The summed E-state index contributed by atoms with van der Waals surface area (Å²) in [7, 11) is 1.61. The van der Waals surface area contributed by atoms with E-state index in [4.69, 9.17) is 9.47 Å². The Morgan fingerprint density at radius 1 is 1.30 bits per heavy atom. The Kier molecular flexibility index (Phi) is 8.38. The molecular weight excluding hydrogens is 256 g/mol. The first-order valence-corrected chi connectivity index (χ1v) is 7.11. The van der Waals surface area contributed by atoms with Crippen LogP contribution in [0.25, 0.3) is 0 Å². The van der Waals surface area contributed by atoms with Gasteiger partial charge in [0, 0.05) is 25.2 Å². The van der Waals surface area contributed by atoms with Crippen molar-refractivity contribution in [2.75, 3.05) is 20.3 Å². The van der Waals surface area contributed by atoms with Crippen LogP contribution in [-0.4, -0.2) is 31.2 Å². The van der Waals surface area contributed by atoms with Crippen molar-refractivity contribution in [1.29, 1.82) is 0 Å². The standard InChI is InChI=1S/C15H24N2O3/c1-3-20-15(18)7-5-4-6-10-16-11-13-8-9-14(19-2)17-12-13/h8-9,12,16H,3-7,10-11H2,1-2H3. The van der Waals surface area contributed by atoms with Gasteiger partial charge in [0.15, 0.2) is 0 Å². The summed E-state index contributed by atoms with van der Waals surface area (Å²) in [5.41, 5.74) is 1.14. The molecule has 20 heavy (non-hydrogen) atoms. The minimum Gasteiger partial charge on any atom is -0.481 e. The predicted molar refractivity (Wildman–Crippen MR) is 77.6 cm³/mol. The molecular formula is C15H24N2O3. The number of esters is 1. The lowest BCUT2D eigenvalue weighted by Crippen LogP contribution is -2.15. The Labute approximate surface area is 120 Å². The quantitative estimate of drug-likeness (QED) is 0.526. The summed E-state index contributed by atoms with van der Waals surface area (Å²) in [6.07, 6.45) is 5.32. The fourth-order valence-corrected chi connectivity index (χ4v) is 1.80. The Bertz CT molecular complexity index is 379. The first kappa shape index (κ1) is 16.4. The minimum absolute atomic E-state index is 0.0928. The van der Waals surface area contributed by atoms with Gasteiger partial charge in [-0.1, -0.05) is 12.5 Å². The minimum atomic E-state index is -0.0928. The zero-order valence-corrected chi connectivity index (χ0v) is 12.4. The smallest absolute Gasteiger partial charge is 0.305 e. The highest BCUT2D eigenvalue weighted by atomic mass is 16.5. The number of carbonyl (C=O) groups is 1. The molecule has 0 aliphatic carbocycles. The zero-order chi connectivity index (χ0) is 14.6. The fourth-order valence-electron chi connectivity index (χ4n) is 1.80. The largest absolute Gasteiger partial charge is 0.481 e. The van der Waals surface area contributed by atoms with Crippen molar-refractivity contribution < 1.29 is 14.3 Å². The van der Waals surface area contributed by atoms with Gasteiger partial charge in [-0.05, 0) is 31.9 Å². The average molecular weight is 280 g/mol. The summed E-state index contributed by atoms with van der Waals surface area (Å²) >= 11 is 0. The normalized spacial score (nSPS) is 10.3. The van der Waals surface area contributed by atoms with E-state index in [1.165, 1.54) is 0 Å². The molecule has 1 heterocycles. The molecule has 0 aliphatic heterocycles. The van der Waals surface area contributed by atoms with Crippen molar-refractivity contribution in [3.8, 4) is 5.88 Å². The van der Waals surface area contributed by atoms with E-state index in [0.717, 1.165) is 37.9 Å². The summed E-state index contributed by atoms with van der Waals surface area (Å²) in [5, 5.41) is 3.36. The average Bonchev–Trinajstić information content (AvgIpc) is 2.47. The number of nitrogens with one attached hydrogen (secondary N) is 1. The van der Waals surface area contributed by atoms with Crippen LogP contribution in [0.4, 0.5) is 0 Å². The zero-order valence-electron chi connectivity index (χ0n) is 12.4. The number of rotatable bonds is 10. The topological polar surface area (TPSA) is 60.5 Å². The van der Waals surface area contributed by atoms with E-state index in [-0.39, 0.29) is 5.97 Å². The second kappa shape index (κ2) is 10.2. The molecule has 1 aromatic rings. The fraction of sp³-hybridized carbons (Fsp3) is 0.600. The number of unbranched alkanes of at least 4 members (excludes halogenated alkanes) is 2. The van der Waals surface area contributed by atoms with Crippen molar-refractivity contribution in [2.24, 2.45) is 0 Å². The first-order chi connectivity index (χ1) is 9.76. The van der Waals surface area contributed by atoms with Gasteiger partial charge >= 0.3 is 5.97 Å². The Morgan fingerprint density at radius 2 is 2.15 bits per heavy atom. The Balaban J connectivity index is 2.00. The molecule has 0 saturated carbocycles. The number of hydrogen-bond donors (Lipinski definition) is 1. The first-order valence-electron chi connectivity index (χ1n) is 7.11. The van der Waals surface area contributed by atoms with Gasteiger partial charge in [0.1, 0.15) is 0 Å². The van der Waals surface area contributed by atoms with Gasteiger partial charge in [-0.3, -0.25) is 4.79 Å². The van der Waals surface area contributed by atoms with E-state index in [0.29, 0.717) is 18.9 Å². The SMILES string of the molecule is CCOC(=O)CCCCCNCc1ccc(OC)nc1. The van der Waals surface area contributed by atoms with Gasteiger partial charge in [-0.25, -0.2) is 4.98 Å². The van der Waals surface area contributed by atoms with Crippen molar-refractivity contribution in [1.82, 2.24) is 10.3 Å². The number of pyridine rings is 1. The summed E-state index contributed by atoms with van der Waals surface area (Å²) in [6.45, 7) is 4.04. The van der Waals surface area contributed by atoms with Crippen LogP contribution in [0.3, 0.4) is 0 Å². The van der Waals surface area contributed by atoms with Crippen LogP contribution in [0, 0.1) is 0 Å². The highest BCUT2D eigenvalue weighted by Gasteiger charge is 2.00. The van der Waals surface area contributed by atoms with E-state index >= 15 is 0 Å². The molecule has 0 amide bonds. The summed E-state index contributed by atoms with van der Waals surface area (Å²) in [4.78, 5) is 15.3. The van der Waals surface area contributed by atoms with E-state index in [2.05, 4.69) is 10.3 Å². The predicted octanol–water partition coefficient (Wildman–Crippen LogP) is 2.30. The lowest BCUT2D eigenvalue weighted by Gasteiger charge is -2.05. The van der Waals surface area contributed by atoms with E-state index in [1.807, 2.05) is 25.3 Å². The highest BCUT2D eigenvalue weighted by Crippen LogP contribution is 2.06. The molecule has 1 aromatic heterocycles. The van der Waals surface area contributed by atoms with Crippen LogP contribution in [0.1, 0.15) is 38.2 Å². The van der Waals surface area contributed by atoms with E-state index in [9.17, 15) is 4.79 Å². The molecule has 0 fully saturated rings. The van der Waals surface area contributed by atoms with Gasteiger partial charge in [0.05, 0.1) is 13.7 Å². The van der Waals surface area contributed by atoms with Crippen molar-refractivity contribution in [3.05, 3.63) is 23.9 Å². The van der Waals surface area contributed by atoms with E-state index < -0.39 is 0 Å². The third-order valence-electron chi connectivity index (χ3n) is 2.88. The van der Waals surface area contributed by atoms with Crippen molar-refractivity contribution in [3.63, 3.8) is 0 Å². The van der Waals surface area contributed by atoms with Gasteiger partial charge < -0.3 is 14.8 Å². The van der Waals surface area contributed by atoms with Gasteiger partial charge in [0.25, 0.3) is 0 Å². The van der Waals surface area contributed by atoms with Crippen LogP contribution >= 0.6 is 0 Å². The maximum Gasteiger partial charge on any atom is 0.305 e. The Hall–Kier alpha value is -1.62. The summed E-state index contributed by atoms with van der Waals surface area (Å²) in [5.74, 6) is 0.539. The van der Waals surface area contributed by atoms with Crippen molar-refractivity contribution >= 4 is 5.97 Å². The van der Waals surface area contributed by atoms with E-state index in [1.54, 1.807) is 7.11 Å². The second-order valence-corrected chi connectivity index (χ2v) is 4.50. The second-order valence-electron chi connectivity index (χ2n) is 4.50. The molecule has 0 bridgehead atoms. The van der Waals surface area contributed by atoms with Crippen molar-refractivity contribution in [2.45, 2.75) is 39.2 Å². The van der Waals surface area contributed by atoms with Gasteiger partial charge in [-0.15, -0.1) is 0 Å². The highest BCUT2D eigenvalue weighted by molar-refractivity contribution is 5.69. The van der Waals surface area contributed by atoms with Crippen LogP contribution in [-0.2, 0) is 16.1 Å². The monoisotopic (exact) mass is 280 g/mol. The molecule has 1 rings (SSSR count). The molecule has 0 atom stereocenters. The molecule has 0 unspecified atom stereocenters. The molecule has 5 nitrogen and oxygen atoms in total. The van der Waals surface area contributed by atoms with Crippen LogP contribution in [0.5, 0.6) is 5.88 Å². The summed E-state index contributed by atoms with van der Waals surface area (Å²) < 4.78 is 9.88. The molecule has 0 aliphatic rings. The molecule has 0 saturated heterocycles. The maximum absolute atomic E-state index is 11.1. The molecule has 0 spiro atoms. The van der Waals surface area contributed by atoms with Crippen LogP contribution < -0.4 is 10.1 Å². The maximum atomic E-state index is 11.1. The Morgan fingerprint density at radius 3 is 2.80 bits per heavy atom. The van der Waals surface area contributed by atoms with Crippen LogP contribution in [0.15, 0.2) is 18.3 Å².